The Balaban J connectivity index is 1.15. The lowest BCUT2D eigenvalue weighted by molar-refractivity contribution is 0.0921. The van der Waals surface area contributed by atoms with Crippen LogP contribution < -0.4 is 15.5 Å². The van der Waals surface area contributed by atoms with Gasteiger partial charge in [-0.15, -0.1) is 0 Å². The van der Waals surface area contributed by atoms with Gasteiger partial charge >= 0.3 is 0 Å². The molecule has 3 fully saturated rings. The largest absolute Gasteiger partial charge is 0.390 e. The number of aliphatic hydroxyl groups excluding tert-OH is 1. The van der Waals surface area contributed by atoms with Gasteiger partial charge in [0.2, 0.25) is 0 Å². The summed E-state index contributed by atoms with van der Waals surface area (Å²) < 4.78 is 2.06. The van der Waals surface area contributed by atoms with Crippen LogP contribution in [0.1, 0.15) is 82.5 Å². The molecule has 3 N–H and O–H groups in total. The zero-order valence-electron chi connectivity index (χ0n) is 26.7. The molecule has 1 aliphatic heterocycles. The molecule has 0 spiro atoms. The second-order valence-electron chi connectivity index (χ2n) is 13.6. The van der Waals surface area contributed by atoms with Gasteiger partial charge in [-0.3, -0.25) is 9.59 Å². The molecule has 2 atom stereocenters. The minimum atomic E-state index is -0.368. The summed E-state index contributed by atoms with van der Waals surface area (Å²) in [5.41, 5.74) is 5.43. The molecule has 1 saturated heterocycles. The van der Waals surface area contributed by atoms with E-state index in [1.807, 2.05) is 13.1 Å². The Morgan fingerprint density at radius 1 is 1.00 bits per heavy atom. The Morgan fingerprint density at radius 2 is 1.77 bits per heavy atom. The summed E-state index contributed by atoms with van der Waals surface area (Å²) in [5.74, 6) is 2.55. The highest BCUT2D eigenvalue weighted by atomic mass is 35.5. The summed E-state index contributed by atoms with van der Waals surface area (Å²) in [4.78, 5) is 38.1. The van der Waals surface area contributed by atoms with Gasteiger partial charge in [0.15, 0.2) is 0 Å². The Morgan fingerprint density at radius 3 is 2.51 bits per heavy atom. The van der Waals surface area contributed by atoms with Crippen LogP contribution in [0.15, 0.2) is 42.5 Å². The number of hydrogen-bond acceptors (Lipinski definition) is 6. The summed E-state index contributed by atoms with van der Waals surface area (Å²) in [7, 11) is 1.98. The molecule has 3 heterocycles. The fourth-order valence-corrected chi connectivity index (χ4v) is 7.78. The number of aromatic nitrogens is 3. The summed E-state index contributed by atoms with van der Waals surface area (Å²) in [5, 5.41) is 16.5. The summed E-state index contributed by atoms with van der Waals surface area (Å²) in [6.45, 7) is 4.19. The lowest BCUT2D eigenvalue weighted by Crippen LogP contribution is -2.38. The molecule has 2 aromatic carbocycles. The number of rotatable bonds is 9. The predicted molar refractivity (Wildman–Crippen MR) is 184 cm³/mol. The first-order valence-electron chi connectivity index (χ1n) is 16.5. The normalized spacial score (nSPS) is 21.9. The van der Waals surface area contributed by atoms with Gasteiger partial charge in [-0.05, 0) is 91.3 Å². The van der Waals surface area contributed by atoms with Crippen molar-refractivity contribution in [2.24, 2.45) is 24.8 Å². The van der Waals surface area contributed by atoms with Gasteiger partial charge in [0.25, 0.3) is 11.8 Å². The number of piperidine rings is 1. The highest BCUT2D eigenvalue weighted by Crippen LogP contribution is 2.47. The van der Waals surface area contributed by atoms with Crippen molar-refractivity contribution >= 4 is 51.7 Å². The number of nitrogens with one attached hydrogen (secondary N) is 2. The monoisotopic (exact) mass is 674 g/mol. The summed E-state index contributed by atoms with van der Waals surface area (Å²) in [6.07, 6.45) is 5.98. The number of amides is 2. The maximum absolute atomic E-state index is 13.8. The Bertz CT molecular complexity index is 1840. The van der Waals surface area contributed by atoms with Crippen molar-refractivity contribution < 1.29 is 14.7 Å². The lowest BCUT2D eigenvalue weighted by Gasteiger charge is -2.28. The molecule has 246 valence electrons. The Labute approximate surface area is 284 Å². The van der Waals surface area contributed by atoms with E-state index in [1.165, 1.54) is 6.42 Å². The quantitative estimate of drug-likeness (QED) is 0.199. The average molecular weight is 676 g/mol. The van der Waals surface area contributed by atoms with Gasteiger partial charge in [0, 0.05) is 44.2 Å². The maximum atomic E-state index is 13.8. The van der Waals surface area contributed by atoms with Crippen LogP contribution in [0.2, 0.25) is 10.0 Å². The molecule has 9 nitrogen and oxygen atoms in total. The topological polar surface area (TPSA) is 112 Å². The van der Waals surface area contributed by atoms with Crippen molar-refractivity contribution in [3.8, 4) is 0 Å². The molecular formula is C36H40Cl2N6O3. The van der Waals surface area contributed by atoms with E-state index in [2.05, 4.69) is 38.1 Å². The molecule has 3 aliphatic rings. The van der Waals surface area contributed by atoms with Gasteiger partial charge in [-0.2, -0.15) is 0 Å². The lowest BCUT2D eigenvalue weighted by atomic mass is 9.87. The molecule has 0 radical (unpaired) electrons. The van der Waals surface area contributed by atoms with Gasteiger partial charge < -0.3 is 25.2 Å². The zero-order chi connectivity index (χ0) is 32.8. The molecule has 4 aromatic rings. The maximum Gasteiger partial charge on any atom is 0.270 e. The number of carbonyl (C=O) groups excluding carboxylic acids is 2. The van der Waals surface area contributed by atoms with E-state index in [9.17, 15) is 14.7 Å². The third-order valence-corrected chi connectivity index (χ3v) is 11.1. The van der Waals surface area contributed by atoms with E-state index in [-0.39, 0.29) is 36.7 Å². The number of halogens is 2. The molecular weight excluding hydrogens is 635 g/mol. The average Bonchev–Trinajstić information content (AvgIpc) is 3.56. The van der Waals surface area contributed by atoms with Crippen LogP contribution >= 0.6 is 23.2 Å². The third kappa shape index (κ3) is 6.58. The van der Waals surface area contributed by atoms with E-state index in [0.29, 0.717) is 44.8 Å². The van der Waals surface area contributed by atoms with Gasteiger partial charge in [0.05, 0.1) is 39.6 Å². The van der Waals surface area contributed by atoms with Crippen molar-refractivity contribution in [2.75, 3.05) is 18.0 Å². The SMILES string of the molecule is CC1CCC(NC(=O)c2cc3nc(Cc4c(Cl)ccc(CNC(=O)c5cccc(CO)n5)c4Cl)n(C)c3cc2N2CC3CC3C2)CC1. The first-order valence-corrected chi connectivity index (χ1v) is 17.3. The van der Waals surface area contributed by atoms with E-state index in [1.54, 1.807) is 30.3 Å². The fraction of sp³-hybridized carbons (Fsp3) is 0.444. The van der Waals surface area contributed by atoms with Crippen molar-refractivity contribution in [3.05, 3.63) is 86.4 Å². The van der Waals surface area contributed by atoms with Gasteiger partial charge in [-0.25, -0.2) is 9.97 Å². The highest BCUT2D eigenvalue weighted by Gasteiger charge is 2.46. The van der Waals surface area contributed by atoms with Crippen molar-refractivity contribution in [3.63, 3.8) is 0 Å². The molecule has 2 unspecified atom stereocenters. The van der Waals surface area contributed by atoms with Gasteiger partial charge in [-0.1, -0.05) is 42.3 Å². The van der Waals surface area contributed by atoms with E-state index >= 15 is 0 Å². The number of fused-ring (bicyclic) bond motifs is 2. The molecule has 2 saturated carbocycles. The number of aliphatic hydroxyl groups is 1. The number of nitrogens with zero attached hydrogens (tertiary/aromatic N) is 4. The Kier molecular flexibility index (Phi) is 8.89. The standard InChI is InChI=1S/C36H40Cl2N6O3/c1-20-6-9-24(10-7-20)41-35(46)27-13-30-32(15-31(27)44-17-22-12-23(22)18-44)43(2)33(42-30)14-26-28(37)11-8-21(34(26)38)16-39-36(47)29-5-3-4-25(19-45)40-29/h3-5,8,11,13,15,20,22-24,45H,6-7,9-10,12,14,16-19H2,1-2H3,(H,39,47)(H,41,46). The number of benzene rings is 2. The van der Waals surface area contributed by atoms with Crippen LogP contribution in [-0.2, 0) is 26.6 Å². The van der Waals surface area contributed by atoms with E-state index < -0.39 is 0 Å². The summed E-state index contributed by atoms with van der Waals surface area (Å²) >= 11 is 13.6. The van der Waals surface area contributed by atoms with Crippen molar-refractivity contribution in [2.45, 2.75) is 64.6 Å². The highest BCUT2D eigenvalue weighted by molar-refractivity contribution is 6.36. The van der Waals surface area contributed by atoms with E-state index in [0.717, 1.165) is 73.2 Å². The third-order valence-electron chi connectivity index (χ3n) is 10.2. The minimum Gasteiger partial charge on any atom is -0.390 e. The molecule has 0 bridgehead atoms. The zero-order valence-corrected chi connectivity index (χ0v) is 28.2. The first-order chi connectivity index (χ1) is 22.7. The summed E-state index contributed by atoms with van der Waals surface area (Å²) in [6, 6.07) is 12.8. The first kappa shape index (κ1) is 31.9. The van der Waals surface area contributed by atoms with Crippen LogP contribution in [0.25, 0.3) is 11.0 Å². The van der Waals surface area contributed by atoms with E-state index in [4.69, 9.17) is 28.2 Å². The predicted octanol–water partition coefficient (Wildman–Crippen LogP) is 6.05. The number of imidazole rings is 1. The number of anilines is 1. The number of hydrogen-bond donors (Lipinski definition) is 3. The fourth-order valence-electron chi connectivity index (χ4n) is 7.20. The second-order valence-corrected chi connectivity index (χ2v) is 14.4. The number of aryl methyl sites for hydroxylation is 1. The minimum absolute atomic E-state index is 0.0200. The van der Waals surface area contributed by atoms with Crippen molar-refractivity contribution in [1.29, 1.82) is 0 Å². The second kappa shape index (κ2) is 13.1. The van der Waals surface area contributed by atoms with Crippen LogP contribution in [0.3, 0.4) is 0 Å². The molecule has 47 heavy (non-hydrogen) atoms. The molecule has 11 heteroatoms. The smallest absolute Gasteiger partial charge is 0.270 e. The molecule has 2 aromatic heterocycles. The molecule has 2 aliphatic carbocycles. The molecule has 7 rings (SSSR count). The van der Waals surface area contributed by atoms with Crippen LogP contribution in [0.5, 0.6) is 0 Å². The van der Waals surface area contributed by atoms with Crippen LogP contribution in [0, 0.1) is 17.8 Å². The number of pyridine rings is 1. The van der Waals surface area contributed by atoms with Crippen LogP contribution in [-0.4, -0.2) is 50.6 Å². The van der Waals surface area contributed by atoms with Gasteiger partial charge in [0.1, 0.15) is 11.5 Å². The van der Waals surface area contributed by atoms with Crippen LogP contribution in [0.4, 0.5) is 5.69 Å². The Hall–Kier alpha value is -3.66. The number of carbonyl (C=O) groups is 2. The molecule has 2 amide bonds. The van der Waals surface area contributed by atoms with Crippen molar-refractivity contribution in [1.82, 2.24) is 25.2 Å².